The maximum absolute atomic E-state index is 12.6. The van der Waals surface area contributed by atoms with Crippen LogP contribution in [-0.2, 0) is 10.0 Å². The van der Waals surface area contributed by atoms with Crippen LogP contribution in [0.15, 0.2) is 17.0 Å². The summed E-state index contributed by atoms with van der Waals surface area (Å²) < 4.78 is 26.7. The van der Waals surface area contributed by atoms with Crippen LogP contribution in [0, 0.1) is 26.7 Å². The zero-order valence-corrected chi connectivity index (χ0v) is 12.3. The summed E-state index contributed by atoms with van der Waals surface area (Å²) in [6.07, 6.45) is 2.32. The van der Waals surface area contributed by atoms with Gasteiger partial charge >= 0.3 is 0 Å². The van der Waals surface area contributed by atoms with Crippen LogP contribution in [0.25, 0.3) is 0 Å². The Labute approximate surface area is 110 Å². The second-order valence-electron chi connectivity index (χ2n) is 5.46. The minimum atomic E-state index is -3.34. The summed E-state index contributed by atoms with van der Waals surface area (Å²) in [6, 6.07) is 3.87. The Morgan fingerprint density at radius 3 is 2.11 bits per heavy atom. The molecule has 0 amide bonds. The SMILES string of the molecule is Cc1cc(C)c(S(=O)(=O)N(C)CC2CC2)c(C)c1. The van der Waals surface area contributed by atoms with Gasteiger partial charge in [0, 0.05) is 13.6 Å². The van der Waals surface area contributed by atoms with Crippen molar-refractivity contribution in [1.29, 1.82) is 0 Å². The molecule has 100 valence electrons. The van der Waals surface area contributed by atoms with Crippen LogP contribution in [0.4, 0.5) is 0 Å². The average Bonchev–Trinajstić information content (AvgIpc) is 2.98. The first kappa shape index (κ1) is 13.6. The van der Waals surface area contributed by atoms with Crippen LogP contribution >= 0.6 is 0 Å². The van der Waals surface area contributed by atoms with Gasteiger partial charge in [-0.05, 0) is 50.7 Å². The molecule has 0 N–H and O–H groups in total. The lowest BCUT2D eigenvalue weighted by Gasteiger charge is -2.20. The number of aryl methyl sites for hydroxylation is 3. The van der Waals surface area contributed by atoms with Crippen molar-refractivity contribution in [2.45, 2.75) is 38.5 Å². The lowest BCUT2D eigenvalue weighted by Crippen LogP contribution is -2.30. The molecule has 0 spiro atoms. The lowest BCUT2D eigenvalue weighted by atomic mass is 10.1. The molecule has 1 fully saturated rings. The van der Waals surface area contributed by atoms with Gasteiger partial charge in [0.1, 0.15) is 0 Å². The molecule has 1 aromatic carbocycles. The van der Waals surface area contributed by atoms with Crippen molar-refractivity contribution in [3.05, 3.63) is 28.8 Å². The standard InChI is InChI=1S/C14H21NO2S/c1-10-7-11(2)14(12(3)8-10)18(16,17)15(4)9-13-5-6-13/h7-8,13H,5-6,9H2,1-4H3. The molecule has 1 aromatic rings. The quantitative estimate of drug-likeness (QED) is 0.841. The van der Waals surface area contributed by atoms with Gasteiger partial charge in [-0.2, -0.15) is 0 Å². The van der Waals surface area contributed by atoms with Gasteiger partial charge in [0.2, 0.25) is 10.0 Å². The largest absolute Gasteiger partial charge is 0.243 e. The van der Waals surface area contributed by atoms with E-state index in [1.165, 1.54) is 4.31 Å². The van der Waals surface area contributed by atoms with Crippen LogP contribution in [-0.4, -0.2) is 26.3 Å². The van der Waals surface area contributed by atoms with Crippen molar-refractivity contribution in [3.8, 4) is 0 Å². The van der Waals surface area contributed by atoms with Crippen LogP contribution in [0.2, 0.25) is 0 Å². The molecule has 2 rings (SSSR count). The lowest BCUT2D eigenvalue weighted by molar-refractivity contribution is 0.452. The molecule has 1 aliphatic rings. The molecule has 0 unspecified atom stereocenters. The first-order valence-corrected chi connectivity index (χ1v) is 7.80. The van der Waals surface area contributed by atoms with Gasteiger partial charge in [0.05, 0.1) is 4.90 Å². The second kappa shape index (κ2) is 4.67. The molecular formula is C14H21NO2S. The molecule has 0 heterocycles. The first-order chi connectivity index (χ1) is 8.32. The maximum Gasteiger partial charge on any atom is 0.243 e. The molecule has 3 nitrogen and oxygen atoms in total. The molecule has 1 aliphatic carbocycles. The highest BCUT2D eigenvalue weighted by atomic mass is 32.2. The summed E-state index contributed by atoms with van der Waals surface area (Å²) in [5, 5.41) is 0. The summed E-state index contributed by atoms with van der Waals surface area (Å²) in [7, 11) is -1.65. The third-order valence-corrected chi connectivity index (χ3v) is 5.61. The summed E-state index contributed by atoms with van der Waals surface area (Å²) in [5.74, 6) is 0.566. The summed E-state index contributed by atoms with van der Waals surface area (Å²) in [4.78, 5) is 0.483. The predicted molar refractivity (Wildman–Crippen MR) is 73.2 cm³/mol. The Bertz CT molecular complexity index is 536. The van der Waals surface area contributed by atoms with Gasteiger partial charge in [0.25, 0.3) is 0 Å². The van der Waals surface area contributed by atoms with Crippen molar-refractivity contribution < 1.29 is 8.42 Å². The smallest absolute Gasteiger partial charge is 0.207 e. The van der Waals surface area contributed by atoms with Crippen LogP contribution < -0.4 is 0 Å². The van der Waals surface area contributed by atoms with E-state index in [1.54, 1.807) is 7.05 Å². The Morgan fingerprint density at radius 2 is 1.67 bits per heavy atom. The Balaban J connectivity index is 2.39. The average molecular weight is 267 g/mol. The fraction of sp³-hybridized carbons (Fsp3) is 0.571. The number of hydrogen-bond acceptors (Lipinski definition) is 2. The van der Waals surface area contributed by atoms with Crippen LogP contribution in [0.3, 0.4) is 0 Å². The van der Waals surface area contributed by atoms with Gasteiger partial charge in [-0.15, -0.1) is 0 Å². The fourth-order valence-electron chi connectivity index (χ4n) is 2.49. The van der Waals surface area contributed by atoms with Gasteiger partial charge in [-0.25, -0.2) is 12.7 Å². The van der Waals surface area contributed by atoms with Crippen LogP contribution in [0.5, 0.6) is 0 Å². The van der Waals surface area contributed by atoms with E-state index in [1.807, 2.05) is 32.9 Å². The zero-order chi connectivity index (χ0) is 13.5. The number of benzene rings is 1. The number of rotatable bonds is 4. The predicted octanol–water partition coefficient (Wildman–Crippen LogP) is 2.64. The summed E-state index contributed by atoms with van der Waals surface area (Å²) in [5.41, 5.74) is 2.79. The van der Waals surface area contributed by atoms with E-state index in [0.717, 1.165) is 29.5 Å². The molecule has 0 radical (unpaired) electrons. The third-order valence-electron chi connectivity index (χ3n) is 3.49. The minimum Gasteiger partial charge on any atom is -0.207 e. The third kappa shape index (κ3) is 2.59. The number of nitrogens with zero attached hydrogens (tertiary/aromatic N) is 1. The van der Waals surface area contributed by atoms with E-state index >= 15 is 0 Å². The van der Waals surface area contributed by atoms with E-state index < -0.39 is 10.0 Å². The fourth-order valence-corrected chi connectivity index (χ4v) is 4.14. The van der Waals surface area contributed by atoms with E-state index in [4.69, 9.17) is 0 Å². The molecule has 0 bridgehead atoms. The van der Waals surface area contributed by atoms with Gasteiger partial charge < -0.3 is 0 Å². The van der Waals surface area contributed by atoms with E-state index in [2.05, 4.69) is 0 Å². The maximum atomic E-state index is 12.6. The normalized spacial score (nSPS) is 16.3. The molecule has 1 saturated carbocycles. The monoisotopic (exact) mass is 267 g/mol. The van der Waals surface area contributed by atoms with Crippen molar-refractivity contribution >= 4 is 10.0 Å². The number of hydrogen-bond donors (Lipinski definition) is 0. The summed E-state index contributed by atoms with van der Waals surface area (Å²) in [6.45, 7) is 6.38. The summed E-state index contributed by atoms with van der Waals surface area (Å²) >= 11 is 0. The van der Waals surface area contributed by atoms with Gasteiger partial charge in [0.15, 0.2) is 0 Å². The Hall–Kier alpha value is -0.870. The van der Waals surface area contributed by atoms with E-state index in [9.17, 15) is 8.42 Å². The van der Waals surface area contributed by atoms with Gasteiger partial charge in [-0.3, -0.25) is 0 Å². The van der Waals surface area contributed by atoms with Crippen molar-refractivity contribution in [3.63, 3.8) is 0 Å². The van der Waals surface area contributed by atoms with Crippen LogP contribution in [0.1, 0.15) is 29.5 Å². The Morgan fingerprint density at radius 1 is 1.17 bits per heavy atom. The highest BCUT2D eigenvalue weighted by molar-refractivity contribution is 7.89. The molecule has 18 heavy (non-hydrogen) atoms. The Kier molecular flexibility index (Phi) is 3.52. The molecule has 0 saturated heterocycles. The second-order valence-corrected chi connectivity index (χ2v) is 7.44. The topological polar surface area (TPSA) is 37.4 Å². The molecule has 4 heteroatoms. The molecule has 0 aliphatic heterocycles. The highest BCUT2D eigenvalue weighted by Crippen LogP contribution is 2.32. The van der Waals surface area contributed by atoms with Gasteiger partial charge in [-0.1, -0.05) is 17.7 Å². The zero-order valence-electron chi connectivity index (χ0n) is 11.5. The highest BCUT2D eigenvalue weighted by Gasteiger charge is 2.30. The molecule has 0 aromatic heterocycles. The first-order valence-electron chi connectivity index (χ1n) is 6.36. The van der Waals surface area contributed by atoms with Crippen molar-refractivity contribution in [1.82, 2.24) is 4.31 Å². The van der Waals surface area contributed by atoms with E-state index in [0.29, 0.717) is 17.4 Å². The van der Waals surface area contributed by atoms with Crippen molar-refractivity contribution in [2.24, 2.45) is 5.92 Å². The minimum absolute atomic E-state index is 0.483. The molecular weight excluding hydrogens is 246 g/mol. The number of sulfonamides is 1. The van der Waals surface area contributed by atoms with E-state index in [-0.39, 0.29) is 0 Å². The molecule has 0 atom stereocenters. The van der Waals surface area contributed by atoms with Crippen molar-refractivity contribution in [2.75, 3.05) is 13.6 Å².